The Morgan fingerprint density at radius 2 is 2.00 bits per heavy atom. The highest BCUT2D eigenvalue weighted by Gasteiger charge is 2.33. The zero-order valence-corrected chi connectivity index (χ0v) is 18.3. The second-order valence-corrected chi connectivity index (χ2v) is 9.65. The van der Waals surface area contributed by atoms with E-state index in [1.165, 1.54) is 4.31 Å². The third kappa shape index (κ3) is 5.32. The van der Waals surface area contributed by atoms with Crippen LogP contribution in [-0.2, 0) is 14.8 Å². The monoisotopic (exact) mass is 434 g/mol. The van der Waals surface area contributed by atoms with Crippen LogP contribution in [0.5, 0.6) is 5.75 Å². The van der Waals surface area contributed by atoms with Crippen molar-refractivity contribution in [3.63, 3.8) is 0 Å². The second-order valence-electron chi connectivity index (χ2n) is 6.83. The maximum absolute atomic E-state index is 13.0. The van der Waals surface area contributed by atoms with Crippen LogP contribution in [0.15, 0.2) is 58.3 Å². The molecular formula is C21H26N2O4S2. The minimum atomic E-state index is -3.65. The topological polar surface area (TPSA) is 75.7 Å². The average molecular weight is 435 g/mol. The Kier molecular flexibility index (Phi) is 7.21. The standard InChI is InChI=1S/C21H26N2O4S2/c1-3-27-18-9-11-20(12-10-18)29(25,26)23-13-5-6-16(15-23)21(24)22-17-7-4-8-19(14-17)28-2/h4,7-12,14,16H,3,5-6,13,15H2,1-2H3,(H,22,24)/t16-/m0/s1. The third-order valence-corrected chi connectivity index (χ3v) is 7.47. The van der Waals surface area contributed by atoms with Gasteiger partial charge in [0.05, 0.1) is 17.4 Å². The van der Waals surface area contributed by atoms with Gasteiger partial charge in [-0.15, -0.1) is 11.8 Å². The summed E-state index contributed by atoms with van der Waals surface area (Å²) in [7, 11) is -3.65. The molecule has 1 saturated heterocycles. The van der Waals surface area contributed by atoms with Crippen molar-refractivity contribution in [2.24, 2.45) is 5.92 Å². The molecule has 3 rings (SSSR count). The molecule has 0 saturated carbocycles. The highest BCUT2D eigenvalue weighted by atomic mass is 32.2. The van der Waals surface area contributed by atoms with Crippen molar-refractivity contribution in [3.05, 3.63) is 48.5 Å². The summed E-state index contributed by atoms with van der Waals surface area (Å²) in [4.78, 5) is 14.0. The molecule has 1 aliphatic heterocycles. The molecule has 1 fully saturated rings. The summed E-state index contributed by atoms with van der Waals surface area (Å²) in [5.41, 5.74) is 0.730. The number of thioether (sulfide) groups is 1. The highest BCUT2D eigenvalue weighted by Crippen LogP contribution is 2.26. The summed E-state index contributed by atoms with van der Waals surface area (Å²) >= 11 is 1.60. The maximum Gasteiger partial charge on any atom is 0.243 e. The van der Waals surface area contributed by atoms with Gasteiger partial charge in [0.2, 0.25) is 15.9 Å². The van der Waals surface area contributed by atoms with Crippen LogP contribution in [0.2, 0.25) is 0 Å². The van der Waals surface area contributed by atoms with E-state index in [0.717, 1.165) is 10.6 Å². The number of nitrogens with one attached hydrogen (secondary N) is 1. The molecule has 0 aliphatic carbocycles. The van der Waals surface area contributed by atoms with Crippen LogP contribution in [0, 0.1) is 5.92 Å². The van der Waals surface area contributed by atoms with Gasteiger partial charge in [-0.3, -0.25) is 4.79 Å². The van der Waals surface area contributed by atoms with Crippen molar-refractivity contribution >= 4 is 33.4 Å². The number of carbonyl (C=O) groups is 1. The zero-order chi connectivity index (χ0) is 20.9. The van der Waals surface area contributed by atoms with Crippen molar-refractivity contribution in [1.82, 2.24) is 4.31 Å². The molecule has 0 radical (unpaired) electrons. The van der Waals surface area contributed by atoms with Gasteiger partial charge in [-0.1, -0.05) is 6.07 Å². The summed E-state index contributed by atoms with van der Waals surface area (Å²) in [5.74, 6) is 0.115. The predicted octanol–water partition coefficient (Wildman–Crippen LogP) is 3.85. The zero-order valence-electron chi connectivity index (χ0n) is 16.6. The fourth-order valence-electron chi connectivity index (χ4n) is 3.34. The predicted molar refractivity (Wildman–Crippen MR) is 116 cm³/mol. The van der Waals surface area contributed by atoms with Crippen LogP contribution in [-0.4, -0.2) is 44.6 Å². The second kappa shape index (κ2) is 9.65. The summed E-state index contributed by atoms with van der Waals surface area (Å²) < 4.78 is 32.8. The van der Waals surface area contributed by atoms with Crippen LogP contribution >= 0.6 is 11.8 Å². The quantitative estimate of drug-likeness (QED) is 0.670. The lowest BCUT2D eigenvalue weighted by Gasteiger charge is -2.31. The molecule has 29 heavy (non-hydrogen) atoms. The first kappa shape index (κ1) is 21.7. The number of anilines is 1. The number of ether oxygens (including phenoxy) is 1. The minimum Gasteiger partial charge on any atom is -0.494 e. The van der Waals surface area contributed by atoms with Gasteiger partial charge in [-0.25, -0.2) is 8.42 Å². The Bertz CT molecular complexity index is 945. The minimum absolute atomic E-state index is 0.144. The Hall–Kier alpha value is -2.03. The Labute approximate surface area is 176 Å². The summed E-state index contributed by atoms with van der Waals surface area (Å²) in [6, 6.07) is 14.0. The molecule has 8 heteroatoms. The molecule has 1 heterocycles. The first-order valence-electron chi connectivity index (χ1n) is 9.62. The Morgan fingerprint density at radius 3 is 2.69 bits per heavy atom. The number of hydrogen-bond donors (Lipinski definition) is 1. The SMILES string of the molecule is CCOc1ccc(S(=O)(=O)N2CCC[C@H](C(=O)Nc3cccc(SC)c3)C2)cc1. The van der Waals surface area contributed by atoms with Gasteiger partial charge < -0.3 is 10.1 Å². The number of nitrogens with zero attached hydrogens (tertiary/aromatic N) is 1. The van der Waals surface area contributed by atoms with E-state index in [4.69, 9.17) is 4.74 Å². The van der Waals surface area contributed by atoms with Crippen LogP contribution < -0.4 is 10.1 Å². The van der Waals surface area contributed by atoms with E-state index in [1.54, 1.807) is 36.0 Å². The number of piperidine rings is 1. The number of amides is 1. The lowest BCUT2D eigenvalue weighted by Crippen LogP contribution is -2.43. The van der Waals surface area contributed by atoms with E-state index in [0.29, 0.717) is 31.7 Å². The van der Waals surface area contributed by atoms with E-state index >= 15 is 0 Å². The van der Waals surface area contributed by atoms with Crippen LogP contribution in [0.1, 0.15) is 19.8 Å². The largest absolute Gasteiger partial charge is 0.494 e. The summed E-state index contributed by atoms with van der Waals surface area (Å²) in [6.45, 7) is 3.00. The van der Waals surface area contributed by atoms with E-state index in [2.05, 4.69) is 5.32 Å². The van der Waals surface area contributed by atoms with Gasteiger partial charge in [-0.05, 0) is 68.5 Å². The van der Waals surface area contributed by atoms with E-state index < -0.39 is 10.0 Å². The van der Waals surface area contributed by atoms with E-state index in [1.807, 2.05) is 37.4 Å². The molecule has 1 aliphatic rings. The molecule has 1 atom stereocenters. The fraction of sp³-hybridized carbons (Fsp3) is 0.381. The average Bonchev–Trinajstić information content (AvgIpc) is 2.74. The van der Waals surface area contributed by atoms with E-state index in [-0.39, 0.29) is 23.3 Å². The highest BCUT2D eigenvalue weighted by molar-refractivity contribution is 7.98. The number of benzene rings is 2. The van der Waals surface area contributed by atoms with Gasteiger partial charge in [0.15, 0.2) is 0 Å². The number of sulfonamides is 1. The normalized spacial score (nSPS) is 17.7. The Balaban J connectivity index is 1.69. The van der Waals surface area contributed by atoms with Gasteiger partial charge in [0, 0.05) is 23.7 Å². The number of carbonyl (C=O) groups excluding carboxylic acids is 1. The van der Waals surface area contributed by atoms with Crippen molar-refractivity contribution in [2.45, 2.75) is 29.6 Å². The summed E-state index contributed by atoms with van der Waals surface area (Å²) in [5, 5.41) is 2.93. The van der Waals surface area contributed by atoms with Crippen molar-refractivity contribution in [3.8, 4) is 5.75 Å². The molecule has 0 unspecified atom stereocenters. The number of rotatable bonds is 7. The van der Waals surface area contributed by atoms with Gasteiger partial charge >= 0.3 is 0 Å². The molecule has 1 amide bonds. The van der Waals surface area contributed by atoms with E-state index in [9.17, 15) is 13.2 Å². The molecule has 2 aromatic carbocycles. The van der Waals surface area contributed by atoms with Gasteiger partial charge in [0.1, 0.15) is 5.75 Å². The maximum atomic E-state index is 13.0. The van der Waals surface area contributed by atoms with Crippen LogP contribution in [0.25, 0.3) is 0 Å². The van der Waals surface area contributed by atoms with Crippen molar-refractivity contribution in [2.75, 3.05) is 31.3 Å². The molecule has 0 bridgehead atoms. The first-order chi connectivity index (χ1) is 13.9. The molecular weight excluding hydrogens is 408 g/mol. The third-order valence-electron chi connectivity index (χ3n) is 4.86. The summed E-state index contributed by atoms with van der Waals surface area (Å²) in [6.07, 6.45) is 3.30. The molecule has 0 spiro atoms. The lowest BCUT2D eigenvalue weighted by atomic mass is 9.99. The molecule has 156 valence electrons. The van der Waals surface area contributed by atoms with Crippen LogP contribution in [0.4, 0.5) is 5.69 Å². The van der Waals surface area contributed by atoms with Crippen molar-refractivity contribution in [1.29, 1.82) is 0 Å². The molecule has 2 aromatic rings. The Morgan fingerprint density at radius 1 is 1.24 bits per heavy atom. The number of hydrogen-bond acceptors (Lipinski definition) is 5. The van der Waals surface area contributed by atoms with Gasteiger partial charge in [-0.2, -0.15) is 4.31 Å². The smallest absolute Gasteiger partial charge is 0.243 e. The lowest BCUT2D eigenvalue weighted by molar-refractivity contribution is -0.120. The fourth-order valence-corrected chi connectivity index (χ4v) is 5.33. The molecule has 0 aromatic heterocycles. The molecule has 6 nitrogen and oxygen atoms in total. The van der Waals surface area contributed by atoms with Crippen molar-refractivity contribution < 1.29 is 17.9 Å². The van der Waals surface area contributed by atoms with Gasteiger partial charge in [0.25, 0.3) is 0 Å². The molecule has 1 N–H and O–H groups in total. The van der Waals surface area contributed by atoms with Crippen LogP contribution in [0.3, 0.4) is 0 Å². The first-order valence-corrected chi connectivity index (χ1v) is 12.3.